The van der Waals surface area contributed by atoms with Crippen LogP contribution in [0.1, 0.15) is 18.0 Å². The van der Waals surface area contributed by atoms with Gasteiger partial charge in [0.25, 0.3) is 5.56 Å². The number of H-pyrrole nitrogens is 1. The Balaban J connectivity index is 1.65. The first-order valence-corrected chi connectivity index (χ1v) is 9.03. The summed E-state index contributed by atoms with van der Waals surface area (Å²) < 4.78 is 15.2. The van der Waals surface area contributed by atoms with Crippen molar-refractivity contribution in [3.05, 3.63) is 70.5 Å². The second-order valence-corrected chi connectivity index (χ2v) is 7.19. The normalized spacial score (nSPS) is 12.4. The van der Waals surface area contributed by atoms with E-state index in [4.69, 9.17) is 5.84 Å². The van der Waals surface area contributed by atoms with Gasteiger partial charge in [0.15, 0.2) is 5.82 Å². The Labute approximate surface area is 157 Å². The zero-order chi connectivity index (χ0) is 19.0. The highest BCUT2D eigenvalue weighted by molar-refractivity contribution is 7.99. The van der Waals surface area contributed by atoms with Crippen LogP contribution in [0.2, 0.25) is 0 Å². The van der Waals surface area contributed by atoms with Crippen molar-refractivity contribution in [2.45, 2.75) is 17.3 Å². The quantitative estimate of drug-likeness (QED) is 0.416. The Morgan fingerprint density at radius 1 is 1.15 bits per heavy atom. The van der Waals surface area contributed by atoms with Gasteiger partial charge in [0.2, 0.25) is 5.16 Å². The van der Waals surface area contributed by atoms with Crippen LogP contribution in [0.15, 0.2) is 58.5 Å². The zero-order valence-electron chi connectivity index (χ0n) is 14.3. The van der Waals surface area contributed by atoms with E-state index in [1.807, 2.05) is 13.0 Å². The van der Waals surface area contributed by atoms with Crippen LogP contribution in [0.25, 0.3) is 22.3 Å². The summed E-state index contributed by atoms with van der Waals surface area (Å²) in [5, 5.41) is 8.71. The number of para-hydroxylation sites is 1. The maximum Gasteiger partial charge on any atom is 0.258 e. The number of nitrogens with one attached hydrogen (secondary N) is 1. The minimum atomic E-state index is -0.429. The largest absolute Gasteiger partial charge is 0.335 e. The SMILES string of the molecule is CC(Sc1nnc(-c2ccccc2F)n1N)c1nc2ccccc2c(=O)[nH]1. The van der Waals surface area contributed by atoms with Crippen molar-refractivity contribution in [1.29, 1.82) is 0 Å². The summed E-state index contributed by atoms with van der Waals surface area (Å²) in [5.41, 5.74) is 0.679. The number of fused-ring (bicyclic) bond motifs is 1. The zero-order valence-corrected chi connectivity index (χ0v) is 15.1. The van der Waals surface area contributed by atoms with Crippen molar-refractivity contribution in [3.63, 3.8) is 0 Å². The molecule has 2 aromatic carbocycles. The Kier molecular flexibility index (Phi) is 4.36. The van der Waals surface area contributed by atoms with E-state index in [1.54, 1.807) is 36.4 Å². The van der Waals surface area contributed by atoms with Gasteiger partial charge in [0.05, 0.1) is 21.7 Å². The second kappa shape index (κ2) is 6.84. The van der Waals surface area contributed by atoms with E-state index in [0.717, 1.165) is 0 Å². The molecular weight excluding hydrogens is 367 g/mol. The maximum atomic E-state index is 14.0. The van der Waals surface area contributed by atoms with Crippen LogP contribution in [0.3, 0.4) is 0 Å². The number of rotatable bonds is 4. The highest BCUT2D eigenvalue weighted by Gasteiger charge is 2.19. The monoisotopic (exact) mass is 382 g/mol. The number of benzene rings is 2. The number of halogens is 1. The van der Waals surface area contributed by atoms with E-state index in [-0.39, 0.29) is 22.2 Å². The molecule has 0 radical (unpaired) electrons. The molecule has 1 unspecified atom stereocenters. The first kappa shape index (κ1) is 17.2. The fourth-order valence-corrected chi connectivity index (χ4v) is 3.52. The average Bonchev–Trinajstić information content (AvgIpc) is 3.02. The predicted octanol–water partition coefficient (Wildman–Crippen LogP) is 2.89. The Bertz CT molecular complexity index is 1190. The van der Waals surface area contributed by atoms with Gasteiger partial charge in [0, 0.05) is 0 Å². The average molecular weight is 382 g/mol. The summed E-state index contributed by atoms with van der Waals surface area (Å²) in [4.78, 5) is 19.5. The number of nitrogens with zero attached hydrogens (tertiary/aromatic N) is 4. The minimum absolute atomic E-state index is 0.204. The summed E-state index contributed by atoms with van der Waals surface area (Å²) in [5.74, 6) is 6.36. The highest BCUT2D eigenvalue weighted by Crippen LogP contribution is 2.33. The third-order valence-electron chi connectivity index (χ3n) is 4.08. The van der Waals surface area contributed by atoms with Gasteiger partial charge in [-0.3, -0.25) is 4.79 Å². The lowest BCUT2D eigenvalue weighted by molar-refractivity contribution is 0.629. The number of aromatic amines is 1. The molecule has 27 heavy (non-hydrogen) atoms. The van der Waals surface area contributed by atoms with Crippen LogP contribution in [0.4, 0.5) is 4.39 Å². The van der Waals surface area contributed by atoms with Crippen LogP contribution in [0.5, 0.6) is 0 Å². The number of nitrogens with two attached hydrogens (primary N) is 1. The van der Waals surface area contributed by atoms with Crippen molar-refractivity contribution in [2.24, 2.45) is 0 Å². The molecule has 0 fully saturated rings. The summed E-state index contributed by atoms with van der Waals surface area (Å²) in [6, 6.07) is 13.3. The summed E-state index contributed by atoms with van der Waals surface area (Å²) in [6.45, 7) is 1.87. The Morgan fingerprint density at radius 2 is 1.89 bits per heavy atom. The molecule has 2 aromatic heterocycles. The van der Waals surface area contributed by atoms with Crippen molar-refractivity contribution in [3.8, 4) is 11.4 Å². The third-order valence-corrected chi connectivity index (χ3v) is 5.14. The van der Waals surface area contributed by atoms with Gasteiger partial charge in [-0.25, -0.2) is 14.1 Å². The standard InChI is InChI=1S/C18H15FN6OS/c1-10(15-21-14-9-5-3-7-12(14)17(26)22-15)27-18-24-23-16(25(18)20)11-6-2-4-8-13(11)19/h2-10H,20H2,1H3,(H,21,22,26). The second-order valence-electron chi connectivity index (χ2n) is 5.88. The van der Waals surface area contributed by atoms with Gasteiger partial charge in [-0.15, -0.1) is 10.2 Å². The van der Waals surface area contributed by atoms with Crippen LogP contribution in [-0.4, -0.2) is 24.8 Å². The van der Waals surface area contributed by atoms with Gasteiger partial charge >= 0.3 is 0 Å². The summed E-state index contributed by atoms with van der Waals surface area (Å²) in [6.07, 6.45) is 0. The molecule has 0 bridgehead atoms. The van der Waals surface area contributed by atoms with Crippen molar-refractivity contribution in [1.82, 2.24) is 24.8 Å². The third kappa shape index (κ3) is 3.17. The van der Waals surface area contributed by atoms with E-state index in [0.29, 0.717) is 21.9 Å². The van der Waals surface area contributed by atoms with Gasteiger partial charge in [-0.1, -0.05) is 36.0 Å². The van der Waals surface area contributed by atoms with Crippen LogP contribution in [0, 0.1) is 5.82 Å². The molecule has 2 heterocycles. The molecule has 9 heteroatoms. The molecule has 1 atom stereocenters. The van der Waals surface area contributed by atoms with Crippen LogP contribution < -0.4 is 11.4 Å². The fraction of sp³-hybridized carbons (Fsp3) is 0.111. The lowest BCUT2D eigenvalue weighted by atomic mass is 10.2. The number of hydrogen-bond donors (Lipinski definition) is 2. The summed E-state index contributed by atoms with van der Waals surface area (Å²) >= 11 is 1.27. The first-order valence-electron chi connectivity index (χ1n) is 8.15. The Hall–Kier alpha value is -3.20. The minimum Gasteiger partial charge on any atom is -0.335 e. The van der Waals surface area contributed by atoms with Crippen LogP contribution >= 0.6 is 11.8 Å². The molecule has 0 saturated carbocycles. The highest BCUT2D eigenvalue weighted by atomic mass is 32.2. The number of nitrogen functional groups attached to an aromatic ring is 1. The number of thioether (sulfide) groups is 1. The molecule has 0 aliphatic rings. The van der Waals surface area contributed by atoms with Gasteiger partial charge in [-0.05, 0) is 31.2 Å². The molecule has 3 N–H and O–H groups in total. The maximum absolute atomic E-state index is 14.0. The van der Waals surface area contributed by atoms with Crippen molar-refractivity contribution in [2.75, 3.05) is 5.84 Å². The number of hydrogen-bond acceptors (Lipinski definition) is 6. The lowest BCUT2D eigenvalue weighted by Crippen LogP contribution is -2.15. The molecule has 4 aromatic rings. The number of aromatic nitrogens is 5. The summed E-state index contributed by atoms with van der Waals surface area (Å²) in [7, 11) is 0. The fourth-order valence-electron chi connectivity index (χ4n) is 2.69. The molecule has 0 aliphatic carbocycles. The Morgan fingerprint density at radius 3 is 2.70 bits per heavy atom. The molecule has 0 amide bonds. The van der Waals surface area contributed by atoms with E-state index in [1.165, 1.54) is 22.5 Å². The van der Waals surface area contributed by atoms with E-state index in [2.05, 4.69) is 20.2 Å². The van der Waals surface area contributed by atoms with Crippen molar-refractivity contribution < 1.29 is 4.39 Å². The molecule has 7 nitrogen and oxygen atoms in total. The molecule has 0 aliphatic heterocycles. The van der Waals surface area contributed by atoms with E-state index >= 15 is 0 Å². The molecule has 4 rings (SSSR count). The van der Waals surface area contributed by atoms with Crippen LogP contribution in [-0.2, 0) is 0 Å². The van der Waals surface area contributed by atoms with E-state index in [9.17, 15) is 9.18 Å². The van der Waals surface area contributed by atoms with Gasteiger partial charge in [-0.2, -0.15) is 0 Å². The molecule has 136 valence electrons. The topological polar surface area (TPSA) is 102 Å². The molecule has 0 spiro atoms. The van der Waals surface area contributed by atoms with Crippen molar-refractivity contribution >= 4 is 22.7 Å². The van der Waals surface area contributed by atoms with E-state index < -0.39 is 5.82 Å². The van der Waals surface area contributed by atoms with Gasteiger partial charge in [0.1, 0.15) is 11.6 Å². The lowest BCUT2D eigenvalue weighted by Gasteiger charge is -2.11. The van der Waals surface area contributed by atoms with Gasteiger partial charge < -0.3 is 10.8 Å². The molecule has 0 saturated heterocycles. The molecular formula is C18H15FN6OS. The smallest absolute Gasteiger partial charge is 0.258 e. The predicted molar refractivity (Wildman–Crippen MR) is 102 cm³/mol. The first-order chi connectivity index (χ1) is 13.0.